The molecule has 2 rings (SSSR count). The van der Waals surface area contributed by atoms with Gasteiger partial charge in [0, 0.05) is 6.42 Å². The number of fused-ring (bicyclic) bond motifs is 1. The van der Waals surface area contributed by atoms with Crippen molar-refractivity contribution in [3.8, 4) is 0 Å². The van der Waals surface area contributed by atoms with Gasteiger partial charge in [-0.25, -0.2) is 4.79 Å². The molecule has 1 aromatic rings. The Labute approximate surface area is 116 Å². The lowest BCUT2D eigenvalue weighted by Gasteiger charge is -2.10. The van der Waals surface area contributed by atoms with Crippen molar-refractivity contribution in [3.05, 3.63) is 34.9 Å². The lowest BCUT2D eigenvalue weighted by Crippen LogP contribution is -2.31. The fraction of sp³-hybridized carbons (Fsp3) is 0.357. The zero-order valence-corrected chi connectivity index (χ0v) is 11.3. The number of imide groups is 1. The van der Waals surface area contributed by atoms with E-state index in [2.05, 4.69) is 9.88 Å². The number of amides is 2. The van der Waals surface area contributed by atoms with Crippen LogP contribution in [0.15, 0.2) is 18.2 Å². The summed E-state index contributed by atoms with van der Waals surface area (Å²) in [5.74, 6) is -1.85. The highest BCUT2D eigenvalue weighted by Crippen LogP contribution is 2.26. The van der Waals surface area contributed by atoms with Gasteiger partial charge in [-0.05, 0) is 29.5 Å². The highest BCUT2D eigenvalue weighted by Gasteiger charge is 2.39. The second-order valence-corrected chi connectivity index (χ2v) is 4.38. The van der Waals surface area contributed by atoms with Gasteiger partial charge in [-0.2, -0.15) is 0 Å². The van der Waals surface area contributed by atoms with Gasteiger partial charge in [0.25, 0.3) is 11.8 Å². The molecule has 0 spiro atoms. The molecule has 0 saturated carbocycles. The standard InChI is InChI=1S/C14H15NO5/c1-3-6-11(16)19-20-15-13(17)10-8-5-7-9(4-2)12(10)14(15)18/h5,7-8H,3-4,6H2,1-2H3. The van der Waals surface area contributed by atoms with Crippen molar-refractivity contribution < 1.29 is 24.3 Å². The minimum absolute atomic E-state index is 0.156. The van der Waals surface area contributed by atoms with E-state index in [0.717, 1.165) is 5.56 Å². The van der Waals surface area contributed by atoms with Gasteiger partial charge in [0.05, 0.1) is 11.1 Å². The first kappa shape index (κ1) is 14.2. The van der Waals surface area contributed by atoms with Crippen molar-refractivity contribution in [3.63, 3.8) is 0 Å². The second kappa shape index (κ2) is 5.83. The Morgan fingerprint density at radius 2 is 1.95 bits per heavy atom. The Morgan fingerprint density at radius 3 is 2.60 bits per heavy atom. The fourth-order valence-corrected chi connectivity index (χ4v) is 2.02. The summed E-state index contributed by atoms with van der Waals surface area (Å²) >= 11 is 0. The summed E-state index contributed by atoms with van der Waals surface area (Å²) in [5.41, 5.74) is 1.33. The van der Waals surface area contributed by atoms with Crippen molar-refractivity contribution >= 4 is 17.8 Å². The molecule has 6 nitrogen and oxygen atoms in total. The summed E-state index contributed by atoms with van der Waals surface area (Å²) in [6, 6.07) is 5.03. The summed E-state index contributed by atoms with van der Waals surface area (Å²) in [6.45, 7) is 3.69. The molecule has 6 heteroatoms. The molecular weight excluding hydrogens is 262 g/mol. The van der Waals surface area contributed by atoms with Gasteiger partial charge in [-0.1, -0.05) is 26.0 Å². The molecule has 0 N–H and O–H groups in total. The maximum Gasteiger partial charge on any atom is 0.345 e. The molecule has 0 saturated heterocycles. The van der Waals surface area contributed by atoms with Crippen LogP contribution in [0.1, 0.15) is 53.0 Å². The first-order valence-electron chi connectivity index (χ1n) is 6.48. The molecule has 2 amide bonds. The number of nitrogens with zero attached hydrogens (tertiary/aromatic N) is 1. The van der Waals surface area contributed by atoms with E-state index in [1.165, 1.54) is 0 Å². The quantitative estimate of drug-likeness (QED) is 0.468. The molecule has 1 aromatic carbocycles. The molecular formula is C14H15NO5. The van der Waals surface area contributed by atoms with E-state index < -0.39 is 17.8 Å². The normalized spacial score (nSPS) is 13.6. The molecule has 0 unspecified atom stereocenters. The van der Waals surface area contributed by atoms with Crippen LogP contribution in [0.5, 0.6) is 0 Å². The lowest BCUT2D eigenvalue weighted by atomic mass is 10.0. The first-order valence-corrected chi connectivity index (χ1v) is 6.48. The second-order valence-electron chi connectivity index (χ2n) is 4.38. The number of hydrogen-bond donors (Lipinski definition) is 0. The zero-order chi connectivity index (χ0) is 14.7. The average Bonchev–Trinajstić information content (AvgIpc) is 2.69. The summed E-state index contributed by atoms with van der Waals surface area (Å²) in [7, 11) is 0. The summed E-state index contributed by atoms with van der Waals surface area (Å²) in [5, 5.41) is 0.484. The van der Waals surface area contributed by atoms with E-state index in [-0.39, 0.29) is 12.0 Å². The van der Waals surface area contributed by atoms with Gasteiger partial charge in [-0.15, -0.1) is 5.06 Å². The van der Waals surface area contributed by atoms with Crippen LogP contribution in [-0.2, 0) is 21.1 Å². The number of carbonyl (C=O) groups is 3. The van der Waals surface area contributed by atoms with Crippen molar-refractivity contribution in [1.82, 2.24) is 5.06 Å². The number of carbonyl (C=O) groups excluding carboxylic acids is 3. The number of hydroxylamine groups is 2. The van der Waals surface area contributed by atoms with Gasteiger partial charge < -0.3 is 0 Å². The molecule has 1 heterocycles. The van der Waals surface area contributed by atoms with Crippen molar-refractivity contribution in [1.29, 1.82) is 0 Å². The van der Waals surface area contributed by atoms with E-state index in [4.69, 9.17) is 0 Å². The SMILES string of the molecule is CCCC(=O)OON1C(=O)c2cccc(CC)c2C1=O. The Kier molecular flexibility index (Phi) is 4.14. The number of benzene rings is 1. The van der Waals surface area contributed by atoms with E-state index in [1.54, 1.807) is 25.1 Å². The highest BCUT2D eigenvalue weighted by molar-refractivity contribution is 6.21. The molecule has 0 atom stereocenters. The van der Waals surface area contributed by atoms with Crippen molar-refractivity contribution in [2.24, 2.45) is 0 Å². The molecule has 0 aliphatic carbocycles. The van der Waals surface area contributed by atoms with Crippen LogP contribution < -0.4 is 0 Å². The Hall–Kier alpha value is -2.21. The van der Waals surface area contributed by atoms with Gasteiger partial charge in [0.2, 0.25) is 0 Å². The van der Waals surface area contributed by atoms with Crippen molar-refractivity contribution in [2.45, 2.75) is 33.1 Å². The summed E-state index contributed by atoms with van der Waals surface area (Å²) in [6.07, 6.45) is 1.36. The van der Waals surface area contributed by atoms with Gasteiger partial charge in [0.1, 0.15) is 0 Å². The molecule has 0 fully saturated rings. The van der Waals surface area contributed by atoms with E-state index in [9.17, 15) is 14.4 Å². The van der Waals surface area contributed by atoms with E-state index >= 15 is 0 Å². The monoisotopic (exact) mass is 277 g/mol. The number of aryl methyl sites for hydroxylation is 1. The summed E-state index contributed by atoms with van der Waals surface area (Å²) < 4.78 is 0. The smallest absolute Gasteiger partial charge is 0.274 e. The lowest BCUT2D eigenvalue weighted by molar-refractivity contribution is -0.355. The number of rotatable bonds is 5. The van der Waals surface area contributed by atoms with Crippen LogP contribution >= 0.6 is 0 Å². The Morgan fingerprint density at radius 1 is 1.20 bits per heavy atom. The molecule has 106 valence electrons. The van der Waals surface area contributed by atoms with E-state index in [1.807, 2.05) is 6.92 Å². The zero-order valence-electron chi connectivity index (χ0n) is 11.3. The molecule has 1 aliphatic heterocycles. The minimum Gasteiger partial charge on any atom is -0.274 e. The van der Waals surface area contributed by atoms with Gasteiger partial charge >= 0.3 is 5.97 Å². The molecule has 1 aliphatic rings. The van der Waals surface area contributed by atoms with Gasteiger partial charge in [-0.3, -0.25) is 14.5 Å². The van der Waals surface area contributed by atoms with Crippen LogP contribution in [0, 0.1) is 0 Å². The molecule has 0 radical (unpaired) electrons. The first-order chi connectivity index (χ1) is 9.60. The maximum atomic E-state index is 12.1. The maximum absolute atomic E-state index is 12.1. The van der Waals surface area contributed by atoms with Crippen LogP contribution in [0.25, 0.3) is 0 Å². The Balaban J connectivity index is 2.18. The van der Waals surface area contributed by atoms with Crippen molar-refractivity contribution in [2.75, 3.05) is 0 Å². The molecule has 0 bridgehead atoms. The van der Waals surface area contributed by atoms with E-state index in [0.29, 0.717) is 23.5 Å². The Bertz CT molecular complexity index is 567. The predicted octanol–water partition coefficient (Wildman–Crippen LogP) is 2.03. The predicted molar refractivity (Wildman–Crippen MR) is 68.4 cm³/mol. The van der Waals surface area contributed by atoms with Crippen LogP contribution in [0.3, 0.4) is 0 Å². The minimum atomic E-state index is -0.625. The topological polar surface area (TPSA) is 72.9 Å². The third-order valence-corrected chi connectivity index (χ3v) is 3.00. The summed E-state index contributed by atoms with van der Waals surface area (Å²) in [4.78, 5) is 44.5. The van der Waals surface area contributed by atoms with Crippen LogP contribution in [0.2, 0.25) is 0 Å². The average molecular weight is 277 g/mol. The third-order valence-electron chi connectivity index (χ3n) is 3.00. The fourth-order valence-electron chi connectivity index (χ4n) is 2.02. The van der Waals surface area contributed by atoms with Crippen LogP contribution in [0.4, 0.5) is 0 Å². The molecule has 20 heavy (non-hydrogen) atoms. The third kappa shape index (κ3) is 2.42. The van der Waals surface area contributed by atoms with Gasteiger partial charge in [0.15, 0.2) is 0 Å². The van der Waals surface area contributed by atoms with Crippen LogP contribution in [-0.4, -0.2) is 22.8 Å². The highest BCUT2D eigenvalue weighted by atomic mass is 17.3. The number of hydrogen-bond acceptors (Lipinski definition) is 5. The molecule has 0 aromatic heterocycles. The largest absolute Gasteiger partial charge is 0.345 e.